The molecule has 0 aliphatic carbocycles. The fraction of sp³-hybridized carbons (Fsp3) is 0.385. The number of methoxy groups -OCH3 is 1. The van der Waals surface area contributed by atoms with Gasteiger partial charge in [-0.2, -0.15) is 5.10 Å². The number of aromatic nitrogens is 3. The van der Waals surface area contributed by atoms with Crippen molar-refractivity contribution in [3.63, 3.8) is 0 Å². The topological polar surface area (TPSA) is 86.0 Å². The van der Waals surface area contributed by atoms with Crippen LogP contribution in [0.4, 0.5) is 5.69 Å². The van der Waals surface area contributed by atoms with E-state index in [1.54, 1.807) is 6.07 Å². The van der Waals surface area contributed by atoms with Crippen molar-refractivity contribution in [1.29, 1.82) is 0 Å². The summed E-state index contributed by atoms with van der Waals surface area (Å²) in [6.45, 7) is 6.00. The molecule has 0 amide bonds. The maximum absolute atomic E-state index is 10.9. The molecule has 0 aliphatic heterocycles. The van der Waals surface area contributed by atoms with E-state index in [2.05, 4.69) is 10.2 Å². The van der Waals surface area contributed by atoms with Crippen LogP contribution in [0.15, 0.2) is 18.2 Å². The van der Waals surface area contributed by atoms with Gasteiger partial charge in [-0.3, -0.25) is 19.8 Å². The Labute approximate surface area is 126 Å². The van der Waals surface area contributed by atoms with E-state index in [0.29, 0.717) is 21.9 Å². The van der Waals surface area contributed by atoms with Gasteiger partial charge in [-0.1, -0.05) is 0 Å². The molecular weight excluding hydrogens is 292 g/mol. The molecule has 1 heterocycles. The second-order valence-corrected chi connectivity index (χ2v) is 5.89. The van der Waals surface area contributed by atoms with Crippen LogP contribution in [-0.2, 0) is 5.54 Å². The van der Waals surface area contributed by atoms with Crippen molar-refractivity contribution in [3.05, 3.63) is 33.1 Å². The molecule has 0 radical (unpaired) electrons. The van der Waals surface area contributed by atoms with Crippen LogP contribution in [-0.4, -0.2) is 26.8 Å². The molecular formula is C13H16N4O3S. The standard InChI is InChI=1S/C13H16N4O3S/c1-13(2,3)16-11(14-15-12(16)21)9-6-5-8(17(18)19)7-10(9)20-4/h5-7H,1-4H3,(H,15,21). The number of nitrogens with zero attached hydrogens (tertiary/aromatic N) is 3. The number of hydrogen-bond acceptors (Lipinski definition) is 5. The number of benzene rings is 1. The lowest BCUT2D eigenvalue weighted by Crippen LogP contribution is -2.23. The zero-order valence-electron chi connectivity index (χ0n) is 12.2. The average Bonchev–Trinajstić information content (AvgIpc) is 2.79. The number of nitrogens with one attached hydrogen (secondary N) is 1. The molecule has 1 N–H and O–H groups in total. The Morgan fingerprint density at radius 2 is 2.10 bits per heavy atom. The molecule has 21 heavy (non-hydrogen) atoms. The summed E-state index contributed by atoms with van der Waals surface area (Å²) in [5.74, 6) is 0.961. The van der Waals surface area contributed by atoms with E-state index in [9.17, 15) is 10.1 Å². The summed E-state index contributed by atoms with van der Waals surface area (Å²) < 4.78 is 7.60. The first-order valence-corrected chi connectivity index (χ1v) is 6.67. The van der Waals surface area contributed by atoms with E-state index in [4.69, 9.17) is 17.0 Å². The third-order valence-corrected chi connectivity index (χ3v) is 3.25. The Morgan fingerprint density at radius 3 is 2.62 bits per heavy atom. The second-order valence-electron chi connectivity index (χ2n) is 5.50. The molecule has 0 saturated carbocycles. The summed E-state index contributed by atoms with van der Waals surface area (Å²) in [5.41, 5.74) is 0.323. The van der Waals surface area contributed by atoms with E-state index in [-0.39, 0.29) is 11.2 Å². The molecule has 2 aromatic rings. The summed E-state index contributed by atoms with van der Waals surface area (Å²) in [6, 6.07) is 4.41. The molecule has 0 unspecified atom stereocenters. The lowest BCUT2D eigenvalue weighted by Gasteiger charge is -2.23. The van der Waals surface area contributed by atoms with Gasteiger partial charge < -0.3 is 4.74 Å². The first kappa shape index (κ1) is 15.2. The molecule has 7 nitrogen and oxygen atoms in total. The number of non-ortho nitro benzene ring substituents is 1. The molecule has 112 valence electrons. The largest absolute Gasteiger partial charge is 0.496 e. The molecule has 1 aromatic heterocycles. The molecule has 0 fully saturated rings. The van der Waals surface area contributed by atoms with E-state index in [0.717, 1.165) is 0 Å². The van der Waals surface area contributed by atoms with Crippen molar-refractivity contribution in [2.24, 2.45) is 0 Å². The van der Waals surface area contributed by atoms with Gasteiger partial charge in [-0.05, 0) is 39.1 Å². The number of hydrogen-bond donors (Lipinski definition) is 1. The van der Waals surface area contributed by atoms with Gasteiger partial charge in [0, 0.05) is 11.6 Å². The van der Waals surface area contributed by atoms with Crippen molar-refractivity contribution in [2.45, 2.75) is 26.3 Å². The third kappa shape index (κ3) is 2.80. The van der Waals surface area contributed by atoms with Crippen LogP contribution in [0.1, 0.15) is 20.8 Å². The Balaban J connectivity index is 2.69. The molecule has 2 rings (SSSR count). The van der Waals surface area contributed by atoms with Crippen LogP contribution in [0.2, 0.25) is 0 Å². The van der Waals surface area contributed by atoms with Gasteiger partial charge in [0.15, 0.2) is 10.6 Å². The summed E-state index contributed by atoms with van der Waals surface area (Å²) in [6.07, 6.45) is 0. The Kier molecular flexibility index (Phi) is 3.82. The first-order valence-electron chi connectivity index (χ1n) is 6.26. The number of ether oxygens (including phenoxy) is 1. The third-order valence-electron chi connectivity index (χ3n) is 2.98. The van der Waals surface area contributed by atoms with Gasteiger partial charge in [-0.15, -0.1) is 0 Å². The SMILES string of the molecule is COc1cc([N+](=O)[O-])ccc1-c1n[nH]c(=S)n1C(C)(C)C. The van der Waals surface area contributed by atoms with Crippen LogP contribution in [0.25, 0.3) is 11.4 Å². The highest BCUT2D eigenvalue weighted by molar-refractivity contribution is 7.71. The quantitative estimate of drug-likeness (QED) is 0.534. The summed E-state index contributed by atoms with van der Waals surface area (Å²) in [5, 5.41) is 17.8. The Hall–Kier alpha value is -2.22. The molecule has 0 spiro atoms. The van der Waals surface area contributed by atoms with Gasteiger partial charge in [0.1, 0.15) is 5.75 Å². The lowest BCUT2D eigenvalue weighted by atomic mass is 10.1. The van der Waals surface area contributed by atoms with Crippen LogP contribution in [0, 0.1) is 14.9 Å². The highest BCUT2D eigenvalue weighted by Gasteiger charge is 2.23. The lowest BCUT2D eigenvalue weighted by molar-refractivity contribution is -0.384. The monoisotopic (exact) mass is 308 g/mol. The fourth-order valence-corrected chi connectivity index (χ4v) is 2.48. The molecule has 8 heteroatoms. The summed E-state index contributed by atoms with van der Waals surface area (Å²) >= 11 is 5.26. The van der Waals surface area contributed by atoms with E-state index in [1.807, 2.05) is 25.3 Å². The minimum absolute atomic E-state index is 0.0351. The Morgan fingerprint density at radius 1 is 1.43 bits per heavy atom. The zero-order valence-corrected chi connectivity index (χ0v) is 13.0. The van der Waals surface area contributed by atoms with E-state index in [1.165, 1.54) is 19.2 Å². The molecule has 1 aromatic carbocycles. The highest BCUT2D eigenvalue weighted by Crippen LogP contribution is 2.34. The second kappa shape index (κ2) is 5.28. The number of H-pyrrole nitrogens is 1. The van der Waals surface area contributed by atoms with Gasteiger partial charge in [0.05, 0.1) is 23.7 Å². The molecule has 0 bridgehead atoms. The van der Waals surface area contributed by atoms with Crippen molar-refractivity contribution < 1.29 is 9.66 Å². The first-order chi connectivity index (χ1) is 9.75. The smallest absolute Gasteiger partial charge is 0.273 e. The minimum atomic E-state index is -0.465. The average molecular weight is 308 g/mol. The van der Waals surface area contributed by atoms with Gasteiger partial charge in [0.2, 0.25) is 0 Å². The van der Waals surface area contributed by atoms with Gasteiger partial charge >= 0.3 is 0 Å². The van der Waals surface area contributed by atoms with Crippen molar-refractivity contribution in [3.8, 4) is 17.1 Å². The maximum atomic E-state index is 10.9. The van der Waals surface area contributed by atoms with Crippen LogP contribution >= 0.6 is 12.2 Å². The normalized spacial score (nSPS) is 11.4. The molecule has 0 aliphatic rings. The summed E-state index contributed by atoms with van der Waals surface area (Å²) in [4.78, 5) is 10.4. The predicted molar refractivity (Wildman–Crippen MR) is 81.1 cm³/mol. The van der Waals surface area contributed by atoms with Crippen molar-refractivity contribution in [2.75, 3.05) is 7.11 Å². The number of rotatable bonds is 3. The molecule has 0 saturated heterocycles. The van der Waals surface area contributed by atoms with Crippen LogP contribution in [0.5, 0.6) is 5.75 Å². The number of nitro groups is 1. The van der Waals surface area contributed by atoms with Crippen molar-refractivity contribution >= 4 is 17.9 Å². The summed E-state index contributed by atoms with van der Waals surface area (Å²) in [7, 11) is 1.46. The maximum Gasteiger partial charge on any atom is 0.273 e. The van der Waals surface area contributed by atoms with E-state index >= 15 is 0 Å². The molecule has 0 atom stereocenters. The predicted octanol–water partition coefficient (Wildman–Crippen LogP) is 3.28. The highest BCUT2D eigenvalue weighted by atomic mass is 32.1. The fourth-order valence-electron chi connectivity index (χ4n) is 2.08. The van der Waals surface area contributed by atoms with Crippen LogP contribution < -0.4 is 4.74 Å². The number of nitro benzene ring substituents is 1. The van der Waals surface area contributed by atoms with Gasteiger partial charge in [0.25, 0.3) is 5.69 Å². The zero-order chi connectivity index (χ0) is 15.8. The minimum Gasteiger partial charge on any atom is -0.496 e. The van der Waals surface area contributed by atoms with E-state index < -0.39 is 4.92 Å². The van der Waals surface area contributed by atoms with Crippen molar-refractivity contribution in [1.82, 2.24) is 14.8 Å². The van der Waals surface area contributed by atoms with Gasteiger partial charge in [-0.25, -0.2) is 0 Å². The van der Waals surface area contributed by atoms with Crippen LogP contribution in [0.3, 0.4) is 0 Å². The number of aromatic amines is 1. The Bertz CT molecular complexity index is 743.